The van der Waals surface area contributed by atoms with E-state index in [4.69, 9.17) is 5.73 Å². The number of carbonyl (C=O) groups is 1. The van der Waals surface area contributed by atoms with Gasteiger partial charge in [0.05, 0.1) is 11.1 Å². The summed E-state index contributed by atoms with van der Waals surface area (Å²) in [6.07, 6.45) is 1.13. The molecule has 2 heterocycles. The van der Waals surface area contributed by atoms with Crippen LogP contribution in [0.1, 0.15) is 16.8 Å². The zero-order chi connectivity index (χ0) is 14.8. The van der Waals surface area contributed by atoms with Crippen molar-refractivity contribution in [1.29, 1.82) is 0 Å². The summed E-state index contributed by atoms with van der Waals surface area (Å²) in [7, 11) is 2.11. The number of benzene rings is 1. The van der Waals surface area contributed by atoms with E-state index in [0.717, 1.165) is 30.4 Å². The minimum atomic E-state index is -0.0742. The van der Waals surface area contributed by atoms with Crippen molar-refractivity contribution in [2.24, 2.45) is 5.92 Å². The van der Waals surface area contributed by atoms with Gasteiger partial charge in [0.1, 0.15) is 5.82 Å². The maximum absolute atomic E-state index is 12.4. The number of hydrogen-bond acceptors (Lipinski definition) is 4. The molecule has 3 N–H and O–H groups in total. The first kappa shape index (κ1) is 13.8. The predicted octanol–water partition coefficient (Wildman–Crippen LogP) is 1.50. The summed E-state index contributed by atoms with van der Waals surface area (Å²) >= 11 is 0. The Hall–Kier alpha value is -2.14. The van der Waals surface area contributed by atoms with E-state index in [2.05, 4.69) is 22.2 Å². The number of aromatic nitrogens is 1. The monoisotopic (exact) mass is 284 g/mol. The van der Waals surface area contributed by atoms with Crippen LogP contribution in [0.25, 0.3) is 10.9 Å². The van der Waals surface area contributed by atoms with Crippen LogP contribution >= 0.6 is 0 Å². The van der Waals surface area contributed by atoms with Gasteiger partial charge in [0.2, 0.25) is 0 Å². The van der Waals surface area contributed by atoms with Gasteiger partial charge in [-0.15, -0.1) is 0 Å². The quantitative estimate of drug-likeness (QED) is 0.896. The van der Waals surface area contributed by atoms with Crippen molar-refractivity contribution in [1.82, 2.24) is 15.2 Å². The Bertz CT molecular complexity index is 670. The summed E-state index contributed by atoms with van der Waals surface area (Å²) in [4.78, 5) is 19.0. The zero-order valence-corrected chi connectivity index (χ0v) is 12.2. The minimum Gasteiger partial charge on any atom is -0.384 e. The van der Waals surface area contributed by atoms with E-state index in [0.29, 0.717) is 23.8 Å². The number of likely N-dealkylation sites (tertiary alicyclic amines) is 1. The number of nitrogens with two attached hydrogens (primary N) is 1. The summed E-state index contributed by atoms with van der Waals surface area (Å²) in [5, 5.41) is 3.87. The molecule has 1 fully saturated rings. The second kappa shape index (κ2) is 5.69. The number of fused-ring (bicyclic) bond motifs is 1. The molecule has 5 heteroatoms. The molecular weight excluding hydrogens is 264 g/mol. The van der Waals surface area contributed by atoms with Crippen LogP contribution in [-0.2, 0) is 0 Å². The van der Waals surface area contributed by atoms with Gasteiger partial charge in [0.25, 0.3) is 5.91 Å². The van der Waals surface area contributed by atoms with Crippen molar-refractivity contribution >= 4 is 22.6 Å². The van der Waals surface area contributed by atoms with Crippen molar-refractivity contribution in [2.75, 3.05) is 32.4 Å². The first-order valence-electron chi connectivity index (χ1n) is 7.25. The highest BCUT2D eigenvalue weighted by molar-refractivity contribution is 6.06. The fourth-order valence-electron chi connectivity index (χ4n) is 2.91. The third kappa shape index (κ3) is 2.97. The van der Waals surface area contributed by atoms with Gasteiger partial charge in [0, 0.05) is 18.5 Å². The molecule has 1 unspecified atom stereocenters. The van der Waals surface area contributed by atoms with Crippen LogP contribution in [0.4, 0.5) is 5.82 Å². The Morgan fingerprint density at radius 2 is 2.29 bits per heavy atom. The number of nitrogens with zero attached hydrogens (tertiary/aromatic N) is 2. The molecule has 0 radical (unpaired) electrons. The molecule has 0 spiro atoms. The average molecular weight is 284 g/mol. The molecule has 1 saturated heterocycles. The topological polar surface area (TPSA) is 71.2 Å². The van der Waals surface area contributed by atoms with Gasteiger partial charge in [-0.3, -0.25) is 4.79 Å². The normalized spacial score (nSPS) is 19.0. The molecule has 3 rings (SSSR count). The largest absolute Gasteiger partial charge is 0.384 e. The maximum atomic E-state index is 12.4. The summed E-state index contributed by atoms with van der Waals surface area (Å²) < 4.78 is 0. The van der Waals surface area contributed by atoms with E-state index in [-0.39, 0.29) is 5.91 Å². The highest BCUT2D eigenvalue weighted by Crippen LogP contribution is 2.20. The van der Waals surface area contributed by atoms with Crippen molar-refractivity contribution in [3.05, 3.63) is 35.9 Å². The summed E-state index contributed by atoms with van der Waals surface area (Å²) in [5.74, 6) is 0.832. The van der Waals surface area contributed by atoms with E-state index in [1.165, 1.54) is 0 Å². The summed E-state index contributed by atoms with van der Waals surface area (Å²) in [6, 6.07) is 9.22. The maximum Gasteiger partial charge on any atom is 0.252 e. The van der Waals surface area contributed by atoms with Crippen LogP contribution in [0, 0.1) is 5.92 Å². The second-order valence-electron chi connectivity index (χ2n) is 5.74. The molecule has 1 atom stereocenters. The van der Waals surface area contributed by atoms with E-state index < -0.39 is 0 Å². The van der Waals surface area contributed by atoms with Gasteiger partial charge in [-0.25, -0.2) is 4.98 Å². The highest BCUT2D eigenvalue weighted by Gasteiger charge is 2.20. The van der Waals surface area contributed by atoms with Crippen molar-refractivity contribution in [2.45, 2.75) is 6.42 Å². The molecule has 1 aliphatic rings. The number of rotatable bonds is 3. The lowest BCUT2D eigenvalue weighted by Crippen LogP contribution is -2.30. The van der Waals surface area contributed by atoms with Gasteiger partial charge in [-0.1, -0.05) is 18.2 Å². The van der Waals surface area contributed by atoms with E-state index in [1.54, 1.807) is 6.07 Å². The fourth-order valence-corrected chi connectivity index (χ4v) is 2.91. The number of nitrogens with one attached hydrogen (secondary N) is 1. The third-order valence-corrected chi connectivity index (χ3v) is 4.02. The Labute approximate surface area is 124 Å². The second-order valence-corrected chi connectivity index (χ2v) is 5.74. The predicted molar refractivity (Wildman–Crippen MR) is 84.1 cm³/mol. The molecule has 1 aliphatic heterocycles. The molecule has 0 saturated carbocycles. The van der Waals surface area contributed by atoms with Crippen LogP contribution in [0.15, 0.2) is 30.3 Å². The van der Waals surface area contributed by atoms with Crippen molar-refractivity contribution in [3.63, 3.8) is 0 Å². The number of pyridine rings is 1. The van der Waals surface area contributed by atoms with Crippen LogP contribution in [0.5, 0.6) is 0 Å². The van der Waals surface area contributed by atoms with Crippen molar-refractivity contribution < 1.29 is 4.79 Å². The van der Waals surface area contributed by atoms with Gasteiger partial charge in [-0.05, 0) is 38.1 Å². The third-order valence-electron chi connectivity index (χ3n) is 4.02. The molecule has 5 nitrogen and oxygen atoms in total. The number of anilines is 1. The smallest absolute Gasteiger partial charge is 0.252 e. The number of para-hydroxylation sites is 1. The minimum absolute atomic E-state index is 0.0742. The van der Waals surface area contributed by atoms with Crippen LogP contribution in [0.2, 0.25) is 0 Å². The van der Waals surface area contributed by atoms with E-state index >= 15 is 0 Å². The fraction of sp³-hybridized carbons (Fsp3) is 0.375. The molecule has 1 aromatic carbocycles. The van der Waals surface area contributed by atoms with E-state index in [9.17, 15) is 4.79 Å². The lowest BCUT2D eigenvalue weighted by Gasteiger charge is -2.13. The number of amides is 1. The molecular formula is C16H20N4O. The van der Waals surface area contributed by atoms with Crippen LogP contribution < -0.4 is 11.1 Å². The molecule has 0 bridgehead atoms. The van der Waals surface area contributed by atoms with Crippen LogP contribution in [-0.4, -0.2) is 42.5 Å². The Balaban J connectivity index is 1.78. The first-order valence-corrected chi connectivity index (χ1v) is 7.25. The molecule has 0 aliphatic carbocycles. The standard InChI is InChI=1S/C16H20N4O/c1-20-7-6-11(10-20)9-18-16(21)13-8-15(17)19-14-5-3-2-4-12(13)14/h2-5,8,11H,6-7,9-10H2,1H3,(H2,17,19)(H,18,21). The molecule has 1 aromatic heterocycles. The molecule has 2 aromatic rings. The highest BCUT2D eigenvalue weighted by atomic mass is 16.1. The zero-order valence-electron chi connectivity index (χ0n) is 12.2. The number of hydrogen-bond donors (Lipinski definition) is 2. The van der Waals surface area contributed by atoms with Crippen LogP contribution in [0.3, 0.4) is 0 Å². The summed E-state index contributed by atoms with van der Waals surface area (Å²) in [6.45, 7) is 2.85. The van der Waals surface area contributed by atoms with Gasteiger partial charge in [-0.2, -0.15) is 0 Å². The van der Waals surface area contributed by atoms with Gasteiger partial charge < -0.3 is 16.0 Å². The van der Waals surface area contributed by atoms with Gasteiger partial charge >= 0.3 is 0 Å². The molecule has 110 valence electrons. The average Bonchev–Trinajstić information content (AvgIpc) is 2.89. The molecule has 1 amide bonds. The summed E-state index contributed by atoms with van der Waals surface area (Å²) in [5.41, 5.74) is 7.16. The lowest BCUT2D eigenvalue weighted by atomic mass is 10.1. The Morgan fingerprint density at radius 3 is 3.05 bits per heavy atom. The van der Waals surface area contributed by atoms with E-state index in [1.807, 2.05) is 24.3 Å². The first-order chi connectivity index (χ1) is 10.1. The van der Waals surface area contributed by atoms with Crippen molar-refractivity contribution in [3.8, 4) is 0 Å². The Morgan fingerprint density at radius 1 is 1.48 bits per heavy atom. The lowest BCUT2D eigenvalue weighted by molar-refractivity contribution is 0.0949. The van der Waals surface area contributed by atoms with Gasteiger partial charge in [0.15, 0.2) is 0 Å². The Kier molecular flexibility index (Phi) is 3.75. The SMILES string of the molecule is CN1CCC(CNC(=O)c2cc(N)nc3ccccc23)C1. The number of carbonyl (C=O) groups excluding carboxylic acids is 1. The number of nitrogen functional groups attached to an aromatic ring is 1. The molecule has 21 heavy (non-hydrogen) atoms.